The summed E-state index contributed by atoms with van der Waals surface area (Å²) in [5.74, 6) is -1.22. The number of thiophene rings is 1. The highest BCUT2D eigenvalue weighted by Gasteiger charge is 2.22. The molecule has 0 unspecified atom stereocenters. The van der Waals surface area contributed by atoms with Gasteiger partial charge in [0.1, 0.15) is 5.82 Å². The molecule has 1 aliphatic rings. The van der Waals surface area contributed by atoms with Crippen molar-refractivity contribution >= 4 is 23.2 Å². The molecule has 1 amide bonds. The summed E-state index contributed by atoms with van der Waals surface area (Å²) in [6.07, 6.45) is 6.29. The van der Waals surface area contributed by atoms with Crippen molar-refractivity contribution in [2.45, 2.75) is 25.3 Å². The number of benzene rings is 1. The summed E-state index contributed by atoms with van der Waals surface area (Å²) in [5.41, 5.74) is 0.769. The number of nitrogens with one attached hydrogen (secondary N) is 1. The van der Waals surface area contributed by atoms with Crippen molar-refractivity contribution in [2.75, 3.05) is 6.61 Å². The van der Waals surface area contributed by atoms with Gasteiger partial charge >= 0.3 is 5.97 Å². The van der Waals surface area contributed by atoms with E-state index in [1.807, 2.05) is 29.7 Å². The molecule has 1 aliphatic carbocycles. The van der Waals surface area contributed by atoms with E-state index < -0.39 is 6.04 Å². The van der Waals surface area contributed by atoms with Crippen LogP contribution in [0.4, 0.5) is 4.39 Å². The molecule has 1 heterocycles. The number of ether oxygens (including phenoxy) is 1. The van der Waals surface area contributed by atoms with E-state index in [2.05, 4.69) is 5.32 Å². The van der Waals surface area contributed by atoms with Crippen LogP contribution in [-0.4, -0.2) is 18.5 Å². The van der Waals surface area contributed by atoms with Gasteiger partial charge < -0.3 is 10.1 Å². The van der Waals surface area contributed by atoms with Gasteiger partial charge in [-0.3, -0.25) is 9.59 Å². The van der Waals surface area contributed by atoms with Crippen LogP contribution in [0.25, 0.3) is 0 Å². The Kier molecular flexibility index (Phi) is 6.17. The third-order valence-corrected chi connectivity index (χ3v) is 5.22. The van der Waals surface area contributed by atoms with Crippen LogP contribution >= 0.6 is 11.3 Å². The smallest absolute Gasteiger partial charge is 0.309 e. The largest absolute Gasteiger partial charge is 0.455 e. The Bertz CT molecular complexity index is 771. The average Bonchev–Trinajstić information content (AvgIpc) is 3.20. The van der Waals surface area contributed by atoms with Crippen molar-refractivity contribution < 1.29 is 18.7 Å². The molecule has 1 N–H and O–H groups in total. The Hall–Kier alpha value is -2.47. The van der Waals surface area contributed by atoms with Crippen molar-refractivity contribution in [3.05, 3.63) is 70.2 Å². The van der Waals surface area contributed by atoms with E-state index in [9.17, 15) is 14.0 Å². The molecule has 1 aromatic heterocycles. The van der Waals surface area contributed by atoms with Crippen LogP contribution in [0.3, 0.4) is 0 Å². The van der Waals surface area contributed by atoms with Crippen molar-refractivity contribution in [1.29, 1.82) is 0 Å². The topological polar surface area (TPSA) is 55.4 Å². The second kappa shape index (κ2) is 8.76. The SMILES string of the molecule is O=C(COC(=O)[C@H]1CC=CCC1)N[C@@H](c1ccc(F)cc1)c1cccs1. The molecule has 0 aliphatic heterocycles. The number of rotatable bonds is 6. The molecule has 6 heteroatoms. The summed E-state index contributed by atoms with van der Waals surface area (Å²) < 4.78 is 18.4. The van der Waals surface area contributed by atoms with E-state index in [1.165, 1.54) is 23.5 Å². The molecule has 3 rings (SSSR count). The number of carbonyl (C=O) groups excluding carboxylic acids is 2. The maximum atomic E-state index is 13.2. The first-order chi connectivity index (χ1) is 12.6. The molecule has 136 valence electrons. The summed E-state index contributed by atoms with van der Waals surface area (Å²) in [7, 11) is 0. The maximum absolute atomic E-state index is 13.2. The molecule has 0 saturated carbocycles. The lowest BCUT2D eigenvalue weighted by atomic mass is 9.95. The molecule has 1 aromatic carbocycles. The molecular weight excluding hydrogens is 353 g/mol. The van der Waals surface area contributed by atoms with Gasteiger partial charge in [0, 0.05) is 4.88 Å². The van der Waals surface area contributed by atoms with Crippen LogP contribution in [0.2, 0.25) is 0 Å². The van der Waals surface area contributed by atoms with Crippen LogP contribution in [0.15, 0.2) is 53.9 Å². The minimum atomic E-state index is -0.403. The fraction of sp³-hybridized carbons (Fsp3) is 0.300. The highest BCUT2D eigenvalue weighted by molar-refractivity contribution is 7.10. The Morgan fingerprint density at radius 1 is 1.23 bits per heavy atom. The number of hydrogen-bond acceptors (Lipinski definition) is 4. The second-order valence-corrected chi connectivity index (χ2v) is 7.14. The molecule has 0 spiro atoms. The van der Waals surface area contributed by atoms with Crippen LogP contribution in [-0.2, 0) is 14.3 Å². The molecule has 0 fully saturated rings. The zero-order valence-electron chi connectivity index (χ0n) is 14.2. The molecule has 2 atom stereocenters. The van der Waals surface area contributed by atoms with Crippen molar-refractivity contribution in [3.8, 4) is 0 Å². The Morgan fingerprint density at radius 3 is 2.69 bits per heavy atom. The lowest BCUT2D eigenvalue weighted by Gasteiger charge is -2.19. The fourth-order valence-electron chi connectivity index (χ4n) is 2.89. The normalized spacial score (nSPS) is 17.5. The predicted octanol–water partition coefficient (Wildman–Crippen LogP) is 3.99. The van der Waals surface area contributed by atoms with Gasteiger partial charge in [-0.25, -0.2) is 4.39 Å². The highest BCUT2D eigenvalue weighted by Crippen LogP contribution is 2.26. The quantitative estimate of drug-likeness (QED) is 0.615. The molecule has 0 radical (unpaired) electrons. The van der Waals surface area contributed by atoms with E-state index in [0.29, 0.717) is 6.42 Å². The lowest BCUT2D eigenvalue weighted by molar-refractivity contribution is -0.153. The third-order valence-electron chi connectivity index (χ3n) is 4.28. The number of hydrogen-bond donors (Lipinski definition) is 1. The first-order valence-electron chi connectivity index (χ1n) is 8.53. The highest BCUT2D eigenvalue weighted by atomic mass is 32.1. The average molecular weight is 373 g/mol. The first-order valence-corrected chi connectivity index (χ1v) is 9.41. The van der Waals surface area contributed by atoms with Crippen LogP contribution in [0.1, 0.15) is 35.7 Å². The summed E-state index contributed by atoms with van der Waals surface area (Å²) in [6.45, 7) is -0.317. The van der Waals surface area contributed by atoms with Gasteiger partial charge in [-0.1, -0.05) is 30.4 Å². The zero-order valence-corrected chi connectivity index (χ0v) is 15.0. The Balaban J connectivity index is 1.61. The van der Waals surface area contributed by atoms with Gasteiger partial charge in [0.25, 0.3) is 5.91 Å². The van der Waals surface area contributed by atoms with Gasteiger partial charge in [0.2, 0.25) is 0 Å². The second-order valence-electron chi connectivity index (χ2n) is 6.16. The van der Waals surface area contributed by atoms with E-state index in [1.54, 1.807) is 12.1 Å². The number of carbonyl (C=O) groups is 2. The summed E-state index contributed by atoms with van der Waals surface area (Å²) in [4.78, 5) is 25.3. The predicted molar refractivity (Wildman–Crippen MR) is 98.1 cm³/mol. The fourth-order valence-corrected chi connectivity index (χ4v) is 3.70. The van der Waals surface area contributed by atoms with Gasteiger partial charge in [-0.15, -0.1) is 11.3 Å². The summed E-state index contributed by atoms with van der Waals surface area (Å²) in [5, 5.41) is 4.78. The Morgan fingerprint density at radius 2 is 2.04 bits per heavy atom. The summed E-state index contributed by atoms with van der Waals surface area (Å²) in [6, 6.07) is 9.39. The van der Waals surface area contributed by atoms with Crippen LogP contribution < -0.4 is 5.32 Å². The maximum Gasteiger partial charge on any atom is 0.309 e. The van der Waals surface area contributed by atoms with Gasteiger partial charge in [-0.05, 0) is 48.4 Å². The first kappa shape index (κ1) is 18.3. The zero-order chi connectivity index (χ0) is 18.4. The number of esters is 1. The van der Waals surface area contributed by atoms with Crippen LogP contribution in [0, 0.1) is 11.7 Å². The molecule has 26 heavy (non-hydrogen) atoms. The Labute approximate surface area is 155 Å². The molecule has 4 nitrogen and oxygen atoms in total. The van der Waals surface area contributed by atoms with E-state index in [0.717, 1.165) is 23.3 Å². The number of amides is 1. The minimum Gasteiger partial charge on any atom is -0.455 e. The minimum absolute atomic E-state index is 0.169. The van der Waals surface area contributed by atoms with Gasteiger partial charge in [-0.2, -0.15) is 0 Å². The van der Waals surface area contributed by atoms with E-state index >= 15 is 0 Å². The van der Waals surface area contributed by atoms with Crippen molar-refractivity contribution in [2.24, 2.45) is 5.92 Å². The lowest BCUT2D eigenvalue weighted by Crippen LogP contribution is -2.33. The molecule has 2 aromatic rings. The van der Waals surface area contributed by atoms with Crippen molar-refractivity contribution in [1.82, 2.24) is 5.32 Å². The number of halogens is 1. The molecular formula is C20H20FNO3S. The third kappa shape index (κ3) is 4.79. The van der Waals surface area contributed by atoms with Crippen molar-refractivity contribution in [3.63, 3.8) is 0 Å². The molecule has 0 bridgehead atoms. The number of allylic oxidation sites excluding steroid dienone is 2. The van der Waals surface area contributed by atoms with Gasteiger partial charge in [0.15, 0.2) is 6.61 Å². The summed E-state index contributed by atoms with van der Waals surface area (Å²) >= 11 is 1.50. The van der Waals surface area contributed by atoms with E-state index in [-0.39, 0.29) is 30.2 Å². The molecule has 0 saturated heterocycles. The van der Waals surface area contributed by atoms with E-state index in [4.69, 9.17) is 4.74 Å². The monoisotopic (exact) mass is 373 g/mol. The standard InChI is InChI=1S/C20H20FNO3S/c21-16-10-8-14(9-11-16)19(17-7-4-12-26-17)22-18(23)13-25-20(24)15-5-2-1-3-6-15/h1-2,4,7-12,15,19H,3,5-6,13H2,(H,22,23)/t15-,19-/m0/s1. The van der Waals surface area contributed by atoms with Gasteiger partial charge in [0.05, 0.1) is 12.0 Å². The van der Waals surface area contributed by atoms with Crippen LogP contribution in [0.5, 0.6) is 0 Å².